The van der Waals surface area contributed by atoms with Crippen molar-refractivity contribution in [2.45, 2.75) is 0 Å². The zero-order valence-electron chi connectivity index (χ0n) is 20.0. The summed E-state index contributed by atoms with van der Waals surface area (Å²) in [5.41, 5.74) is 10.3. The Morgan fingerprint density at radius 2 is 1.16 bits per heavy atom. The molecule has 0 saturated heterocycles. The van der Waals surface area contributed by atoms with Gasteiger partial charge >= 0.3 is 0 Å². The third-order valence-corrected chi connectivity index (χ3v) is 7.42. The van der Waals surface area contributed by atoms with Crippen molar-refractivity contribution in [1.29, 1.82) is 0 Å². The van der Waals surface area contributed by atoms with Gasteiger partial charge in [0.15, 0.2) is 5.76 Å². The Hall–Kier alpha value is -5.02. The van der Waals surface area contributed by atoms with Crippen molar-refractivity contribution in [1.82, 2.24) is 4.57 Å². The average Bonchev–Trinajstić information content (AvgIpc) is 3.54. The van der Waals surface area contributed by atoms with Crippen LogP contribution < -0.4 is 4.90 Å². The first-order valence-corrected chi connectivity index (χ1v) is 12.5. The maximum Gasteiger partial charge on any atom is 0.158 e. The summed E-state index contributed by atoms with van der Waals surface area (Å²) in [5, 5.41) is 2.46. The molecule has 0 amide bonds. The number of para-hydroxylation sites is 3. The molecule has 1 aliphatic heterocycles. The van der Waals surface area contributed by atoms with Crippen molar-refractivity contribution in [3.05, 3.63) is 134 Å². The standard InChI is InChI=1S/C34H22N2O/c1-2-10-23(11-3-1)35-31-17-9-7-14-27(31)29-22-24(18-19-32(29)35)36-30-16-8-6-13-26(30)25-12-4-5-15-28(25)34-33(36)20-21-37-34/h1-22H. The molecule has 0 spiro atoms. The van der Waals surface area contributed by atoms with Crippen LogP contribution in [-0.4, -0.2) is 4.57 Å². The van der Waals surface area contributed by atoms with Crippen LogP contribution >= 0.6 is 0 Å². The molecule has 0 saturated carbocycles. The zero-order valence-corrected chi connectivity index (χ0v) is 20.0. The van der Waals surface area contributed by atoms with E-state index in [2.05, 4.69) is 137 Å². The SMILES string of the molecule is c1ccc(-n2c3ccccc3c3cc(N4c5ccccc5-c5ccccc5-c5occc54)ccc32)cc1. The van der Waals surface area contributed by atoms with Crippen molar-refractivity contribution in [3.63, 3.8) is 0 Å². The van der Waals surface area contributed by atoms with Gasteiger partial charge < -0.3 is 13.9 Å². The lowest BCUT2D eigenvalue weighted by molar-refractivity contribution is 0.583. The molecule has 2 aromatic heterocycles. The number of aromatic nitrogens is 1. The minimum atomic E-state index is 0.888. The molecule has 0 unspecified atom stereocenters. The summed E-state index contributed by atoms with van der Waals surface area (Å²) in [6, 6.07) is 45.2. The predicted molar refractivity (Wildman–Crippen MR) is 152 cm³/mol. The second-order valence-corrected chi connectivity index (χ2v) is 9.42. The molecule has 3 heteroatoms. The van der Waals surface area contributed by atoms with Gasteiger partial charge in [0, 0.05) is 39.3 Å². The van der Waals surface area contributed by atoms with Crippen molar-refractivity contribution in [3.8, 4) is 28.1 Å². The molecule has 5 aromatic carbocycles. The fourth-order valence-electron chi connectivity index (χ4n) is 5.86. The van der Waals surface area contributed by atoms with E-state index in [1.165, 1.54) is 32.9 Å². The maximum atomic E-state index is 6.12. The fraction of sp³-hybridized carbons (Fsp3) is 0. The second-order valence-electron chi connectivity index (χ2n) is 9.42. The molecule has 0 radical (unpaired) electrons. The molecule has 8 rings (SSSR count). The lowest BCUT2D eigenvalue weighted by Gasteiger charge is -2.25. The van der Waals surface area contributed by atoms with Gasteiger partial charge in [0.05, 0.1) is 28.7 Å². The highest BCUT2D eigenvalue weighted by atomic mass is 16.3. The first-order chi connectivity index (χ1) is 18.4. The van der Waals surface area contributed by atoms with E-state index in [1.54, 1.807) is 6.26 Å². The number of nitrogens with zero attached hydrogens (tertiary/aromatic N) is 2. The minimum Gasteiger partial charge on any atom is -0.462 e. The molecule has 7 aromatic rings. The van der Waals surface area contributed by atoms with Gasteiger partial charge in [0.1, 0.15) is 0 Å². The Morgan fingerprint density at radius 1 is 0.459 bits per heavy atom. The highest BCUT2D eigenvalue weighted by molar-refractivity contribution is 6.11. The molecular formula is C34H22N2O. The second kappa shape index (κ2) is 7.74. The van der Waals surface area contributed by atoms with E-state index in [1.807, 2.05) is 0 Å². The van der Waals surface area contributed by atoms with Gasteiger partial charge in [-0.2, -0.15) is 0 Å². The molecule has 0 bridgehead atoms. The summed E-state index contributed by atoms with van der Waals surface area (Å²) in [6.07, 6.45) is 1.79. The Kier molecular flexibility index (Phi) is 4.23. The van der Waals surface area contributed by atoms with Gasteiger partial charge in [0.2, 0.25) is 0 Å². The van der Waals surface area contributed by atoms with E-state index in [0.717, 1.165) is 34.1 Å². The first kappa shape index (κ1) is 20.2. The number of benzene rings is 5. The van der Waals surface area contributed by atoms with E-state index in [-0.39, 0.29) is 0 Å². The third-order valence-electron chi connectivity index (χ3n) is 7.42. The van der Waals surface area contributed by atoms with E-state index >= 15 is 0 Å². The van der Waals surface area contributed by atoms with E-state index < -0.39 is 0 Å². The predicted octanol–water partition coefficient (Wildman–Crippen LogP) is 9.49. The van der Waals surface area contributed by atoms with Crippen LogP contribution in [0.15, 0.2) is 138 Å². The van der Waals surface area contributed by atoms with E-state index in [9.17, 15) is 0 Å². The van der Waals surface area contributed by atoms with Crippen LogP contribution in [0.4, 0.5) is 17.1 Å². The van der Waals surface area contributed by atoms with Gasteiger partial charge in [-0.1, -0.05) is 78.9 Å². The highest BCUT2D eigenvalue weighted by Gasteiger charge is 2.28. The van der Waals surface area contributed by atoms with Crippen LogP contribution in [0, 0.1) is 0 Å². The van der Waals surface area contributed by atoms with Crippen LogP contribution in [0.1, 0.15) is 0 Å². The Morgan fingerprint density at radius 3 is 2.05 bits per heavy atom. The van der Waals surface area contributed by atoms with Crippen molar-refractivity contribution >= 4 is 38.9 Å². The van der Waals surface area contributed by atoms with Gasteiger partial charge in [-0.25, -0.2) is 0 Å². The number of fused-ring (bicyclic) bond motifs is 8. The molecule has 1 aliphatic rings. The topological polar surface area (TPSA) is 21.3 Å². The Balaban J connectivity index is 1.43. The van der Waals surface area contributed by atoms with Crippen LogP contribution in [0.2, 0.25) is 0 Å². The number of rotatable bonds is 2. The zero-order chi connectivity index (χ0) is 24.3. The van der Waals surface area contributed by atoms with E-state index in [0.29, 0.717) is 0 Å². The normalized spacial score (nSPS) is 12.3. The van der Waals surface area contributed by atoms with Crippen LogP contribution in [0.25, 0.3) is 49.9 Å². The number of hydrogen-bond acceptors (Lipinski definition) is 2. The smallest absolute Gasteiger partial charge is 0.158 e. The molecule has 0 atom stereocenters. The summed E-state index contributed by atoms with van der Waals surface area (Å²) in [5.74, 6) is 0.888. The number of anilines is 3. The molecular weight excluding hydrogens is 452 g/mol. The molecule has 3 heterocycles. The lowest BCUT2D eigenvalue weighted by atomic mass is 9.98. The summed E-state index contributed by atoms with van der Waals surface area (Å²) < 4.78 is 8.47. The molecule has 0 aliphatic carbocycles. The van der Waals surface area contributed by atoms with Gasteiger partial charge in [-0.05, 0) is 48.0 Å². The van der Waals surface area contributed by atoms with Gasteiger partial charge in [-0.15, -0.1) is 0 Å². The number of hydrogen-bond donors (Lipinski definition) is 0. The van der Waals surface area contributed by atoms with Crippen LogP contribution in [0.3, 0.4) is 0 Å². The molecule has 37 heavy (non-hydrogen) atoms. The van der Waals surface area contributed by atoms with Crippen molar-refractivity contribution in [2.24, 2.45) is 0 Å². The number of furan rings is 1. The Labute approximate surface area is 214 Å². The minimum absolute atomic E-state index is 0.888. The molecule has 3 nitrogen and oxygen atoms in total. The largest absolute Gasteiger partial charge is 0.462 e. The summed E-state index contributed by atoms with van der Waals surface area (Å²) in [6.45, 7) is 0. The first-order valence-electron chi connectivity index (χ1n) is 12.5. The molecule has 0 fully saturated rings. The van der Waals surface area contributed by atoms with Crippen molar-refractivity contribution in [2.75, 3.05) is 4.90 Å². The lowest BCUT2D eigenvalue weighted by Crippen LogP contribution is -2.09. The van der Waals surface area contributed by atoms with E-state index in [4.69, 9.17) is 4.42 Å². The summed E-state index contributed by atoms with van der Waals surface area (Å²) >= 11 is 0. The average molecular weight is 475 g/mol. The van der Waals surface area contributed by atoms with Crippen LogP contribution in [0.5, 0.6) is 0 Å². The van der Waals surface area contributed by atoms with Crippen LogP contribution in [-0.2, 0) is 0 Å². The monoisotopic (exact) mass is 474 g/mol. The summed E-state index contributed by atoms with van der Waals surface area (Å²) in [7, 11) is 0. The quantitative estimate of drug-likeness (QED) is 0.249. The fourth-order valence-corrected chi connectivity index (χ4v) is 5.86. The summed E-state index contributed by atoms with van der Waals surface area (Å²) in [4.78, 5) is 2.34. The van der Waals surface area contributed by atoms with Gasteiger partial charge in [-0.3, -0.25) is 0 Å². The molecule has 174 valence electrons. The maximum absolute atomic E-state index is 6.12. The third kappa shape index (κ3) is 2.88. The highest BCUT2D eigenvalue weighted by Crippen LogP contribution is 2.51. The van der Waals surface area contributed by atoms with Gasteiger partial charge in [0.25, 0.3) is 0 Å². The Bertz CT molecular complexity index is 1940. The van der Waals surface area contributed by atoms with Crippen molar-refractivity contribution < 1.29 is 4.42 Å². The molecule has 0 N–H and O–H groups in total.